The highest BCUT2D eigenvalue weighted by Crippen LogP contribution is 2.24. The minimum Gasteiger partial charge on any atom is -0.282 e. The van der Waals surface area contributed by atoms with Crippen LogP contribution >= 0.6 is 15.9 Å². The number of Topliss-reactive ketones (excluding diaryl/α,β-unsaturated/α-hetero) is 1. The van der Waals surface area contributed by atoms with Gasteiger partial charge in [0.2, 0.25) is 0 Å². The predicted molar refractivity (Wildman–Crippen MR) is 39.1 cm³/mol. The minimum atomic E-state index is -4.90. The van der Waals surface area contributed by atoms with E-state index in [0.717, 1.165) is 4.68 Å². The molecule has 0 fully saturated rings. The molecule has 0 atom stereocenters. The number of hydrogen-bond donors (Lipinski definition) is 0. The summed E-state index contributed by atoms with van der Waals surface area (Å²) in [6, 6.07) is 0. The van der Waals surface area contributed by atoms with E-state index in [1.807, 2.05) is 0 Å². The summed E-state index contributed by atoms with van der Waals surface area (Å²) in [5.74, 6) is -1.97. The lowest BCUT2D eigenvalue weighted by molar-refractivity contribution is -0.0891. The van der Waals surface area contributed by atoms with Crippen LogP contribution in [0.25, 0.3) is 0 Å². The van der Waals surface area contributed by atoms with Crippen molar-refractivity contribution in [1.82, 2.24) is 15.0 Å². The average Bonchev–Trinajstić information content (AvgIpc) is 2.28. The van der Waals surface area contributed by atoms with Crippen molar-refractivity contribution in [3.63, 3.8) is 0 Å². The SMILES string of the molecule is Cn1nnc(Br)c1C(=O)C(F)(F)F. The van der Waals surface area contributed by atoms with Gasteiger partial charge in [-0.05, 0) is 15.9 Å². The quantitative estimate of drug-likeness (QED) is 0.714. The van der Waals surface area contributed by atoms with E-state index < -0.39 is 17.7 Å². The van der Waals surface area contributed by atoms with Crippen molar-refractivity contribution in [3.05, 3.63) is 10.3 Å². The van der Waals surface area contributed by atoms with Crippen LogP contribution in [0.5, 0.6) is 0 Å². The third-order valence-electron chi connectivity index (χ3n) is 1.26. The number of ketones is 1. The maximum absolute atomic E-state index is 11.9. The van der Waals surface area contributed by atoms with Crippen LogP contribution in [-0.2, 0) is 7.05 Å². The van der Waals surface area contributed by atoms with Crippen molar-refractivity contribution < 1.29 is 18.0 Å². The van der Waals surface area contributed by atoms with Gasteiger partial charge in [0.25, 0.3) is 5.78 Å². The van der Waals surface area contributed by atoms with E-state index >= 15 is 0 Å². The van der Waals surface area contributed by atoms with Gasteiger partial charge in [0, 0.05) is 7.05 Å². The number of alkyl halides is 3. The molecule has 0 saturated carbocycles. The fraction of sp³-hybridized carbons (Fsp3) is 0.400. The fourth-order valence-corrected chi connectivity index (χ4v) is 1.21. The first-order valence-corrected chi connectivity index (χ1v) is 3.80. The molecule has 0 bridgehead atoms. The molecule has 4 nitrogen and oxygen atoms in total. The third kappa shape index (κ3) is 1.87. The van der Waals surface area contributed by atoms with Gasteiger partial charge in [-0.2, -0.15) is 13.2 Å². The topological polar surface area (TPSA) is 47.8 Å². The summed E-state index contributed by atoms with van der Waals surface area (Å²) in [5.41, 5.74) is -0.604. The molecule has 72 valence electrons. The van der Waals surface area contributed by atoms with Crippen LogP contribution in [0.4, 0.5) is 13.2 Å². The molecule has 0 N–H and O–H groups in total. The Bertz CT molecular complexity index is 326. The Kier molecular flexibility index (Phi) is 2.42. The number of rotatable bonds is 1. The predicted octanol–water partition coefficient (Wildman–Crippen LogP) is 1.32. The second kappa shape index (κ2) is 3.09. The van der Waals surface area contributed by atoms with Gasteiger partial charge in [-0.25, -0.2) is 4.68 Å². The van der Waals surface area contributed by atoms with Crippen molar-refractivity contribution in [2.45, 2.75) is 6.18 Å². The van der Waals surface area contributed by atoms with Crippen molar-refractivity contribution in [1.29, 1.82) is 0 Å². The normalized spacial score (nSPS) is 11.8. The van der Waals surface area contributed by atoms with Gasteiger partial charge < -0.3 is 0 Å². The number of carbonyl (C=O) groups excluding carboxylic acids is 1. The van der Waals surface area contributed by atoms with Crippen molar-refractivity contribution in [2.24, 2.45) is 7.05 Å². The molecular formula is C5H3BrF3N3O. The first-order valence-electron chi connectivity index (χ1n) is 3.00. The summed E-state index contributed by atoms with van der Waals surface area (Å²) in [6.45, 7) is 0. The molecule has 0 aliphatic rings. The van der Waals surface area contributed by atoms with E-state index in [4.69, 9.17) is 0 Å². The highest BCUT2D eigenvalue weighted by Gasteiger charge is 2.42. The van der Waals surface area contributed by atoms with Gasteiger partial charge >= 0.3 is 6.18 Å². The summed E-state index contributed by atoms with van der Waals surface area (Å²) >= 11 is 2.69. The molecule has 0 amide bonds. The van der Waals surface area contributed by atoms with Crippen LogP contribution in [0.2, 0.25) is 0 Å². The number of hydrogen-bond acceptors (Lipinski definition) is 3. The lowest BCUT2D eigenvalue weighted by Crippen LogP contribution is -2.25. The zero-order valence-electron chi connectivity index (χ0n) is 6.26. The van der Waals surface area contributed by atoms with Gasteiger partial charge in [-0.1, -0.05) is 5.21 Å². The molecule has 0 unspecified atom stereocenters. The zero-order chi connectivity index (χ0) is 10.2. The number of aromatic nitrogens is 3. The van der Waals surface area contributed by atoms with Crippen LogP contribution in [0.15, 0.2) is 4.60 Å². The van der Waals surface area contributed by atoms with Crippen molar-refractivity contribution in [3.8, 4) is 0 Å². The lowest BCUT2D eigenvalue weighted by atomic mass is 10.3. The van der Waals surface area contributed by atoms with Crippen LogP contribution in [0.1, 0.15) is 10.5 Å². The van der Waals surface area contributed by atoms with E-state index in [1.54, 1.807) is 0 Å². The van der Waals surface area contributed by atoms with E-state index in [0.29, 0.717) is 0 Å². The van der Waals surface area contributed by atoms with Crippen LogP contribution in [0, 0.1) is 0 Å². The molecule has 0 aliphatic carbocycles. The molecule has 1 aromatic heterocycles. The Morgan fingerprint density at radius 3 is 2.38 bits per heavy atom. The van der Waals surface area contributed by atoms with Crippen molar-refractivity contribution in [2.75, 3.05) is 0 Å². The largest absolute Gasteiger partial charge is 0.456 e. The Morgan fingerprint density at radius 2 is 2.08 bits per heavy atom. The molecule has 1 heterocycles. The smallest absolute Gasteiger partial charge is 0.282 e. The second-order valence-electron chi connectivity index (χ2n) is 2.18. The Morgan fingerprint density at radius 1 is 1.54 bits per heavy atom. The first kappa shape index (κ1) is 10.2. The fourth-order valence-electron chi connectivity index (χ4n) is 0.707. The van der Waals surface area contributed by atoms with Crippen molar-refractivity contribution >= 4 is 21.7 Å². The van der Waals surface area contributed by atoms with E-state index in [-0.39, 0.29) is 4.60 Å². The molecule has 8 heteroatoms. The van der Waals surface area contributed by atoms with Crippen LogP contribution < -0.4 is 0 Å². The third-order valence-corrected chi connectivity index (χ3v) is 1.79. The summed E-state index contributed by atoms with van der Waals surface area (Å²) in [7, 11) is 1.21. The maximum atomic E-state index is 11.9. The molecule has 0 saturated heterocycles. The summed E-state index contributed by atoms with van der Waals surface area (Å²) in [4.78, 5) is 10.7. The highest BCUT2D eigenvalue weighted by molar-refractivity contribution is 9.10. The molecule has 1 rings (SSSR count). The number of nitrogens with zero attached hydrogens (tertiary/aromatic N) is 3. The second-order valence-corrected chi connectivity index (χ2v) is 2.93. The zero-order valence-corrected chi connectivity index (χ0v) is 7.85. The number of carbonyl (C=O) groups is 1. The van der Waals surface area contributed by atoms with E-state index in [1.165, 1.54) is 7.05 Å². The van der Waals surface area contributed by atoms with Gasteiger partial charge in [0.1, 0.15) is 5.69 Å². The summed E-state index contributed by atoms with van der Waals surface area (Å²) < 4.78 is 36.4. The minimum absolute atomic E-state index is 0.211. The summed E-state index contributed by atoms with van der Waals surface area (Å²) in [5, 5.41) is 6.51. The van der Waals surface area contributed by atoms with Crippen LogP contribution in [-0.4, -0.2) is 27.0 Å². The maximum Gasteiger partial charge on any atom is 0.456 e. The van der Waals surface area contributed by atoms with E-state index in [9.17, 15) is 18.0 Å². The highest BCUT2D eigenvalue weighted by atomic mass is 79.9. The van der Waals surface area contributed by atoms with E-state index in [2.05, 4.69) is 26.2 Å². The molecule has 0 spiro atoms. The van der Waals surface area contributed by atoms with Crippen LogP contribution in [0.3, 0.4) is 0 Å². The Balaban J connectivity index is 3.16. The molecule has 13 heavy (non-hydrogen) atoms. The lowest BCUT2D eigenvalue weighted by Gasteiger charge is -2.03. The number of halogens is 4. The summed E-state index contributed by atoms with van der Waals surface area (Å²) in [6.07, 6.45) is -4.90. The van der Waals surface area contributed by atoms with Gasteiger partial charge in [0.15, 0.2) is 4.60 Å². The first-order chi connectivity index (χ1) is 5.84. The number of aryl methyl sites for hydroxylation is 1. The van der Waals surface area contributed by atoms with Gasteiger partial charge in [-0.15, -0.1) is 5.10 Å². The molecule has 0 aromatic carbocycles. The molecule has 0 radical (unpaired) electrons. The molecule has 0 aliphatic heterocycles. The Hall–Kier alpha value is -0.920. The standard InChI is InChI=1S/C5H3BrF3N3O/c1-12-2(4(6)10-11-12)3(13)5(7,8)9/h1H3. The van der Waals surface area contributed by atoms with Gasteiger partial charge in [-0.3, -0.25) is 4.79 Å². The average molecular weight is 258 g/mol. The molecular weight excluding hydrogens is 255 g/mol. The monoisotopic (exact) mass is 257 g/mol. The molecule has 1 aromatic rings. The Labute approximate surface area is 78.8 Å². The van der Waals surface area contributed by atoms with Gasteiger partial charge in [0.05, 0.1) is 0 Å².